The maximum atomic E-state index is 12.6. The number of amides is 1. The Morgan fingerprint density at radius 1 is 1.44 bits per heavy atom. The summed E-state index contributed by atoms with van der Waals surface area (Å²) >= 11 is 0. The molecule has 1 saturated heterocycles. The highest BCUT2D eigenvalue weighted by Crippen LogP contribution is 2.28. The molecule has 100 valence electrons. The second kappa shape index (κ2) is 4.63. The van der Waals surface area contributed by atoms with Crippen LogP contribution in [-0.2, 0) is 7.05 Å². The molecule has 1 aliphatic heterocycles. The van der Waals surface area contributed by atoms with Crippen molar-refractivity contribution in [2.45, 2.75) is 33.2 Å². The Hall–Kier alpha value is -1.52. The van der Waals surface area contributed by atoms with E-state index in [4.69, 9.17) is 5.73 Å². The monoisotopic (exact) mass is 250 g/mol. The van der Waals surface area contributed by atoms with Gasteiger partial charge in [0.1, 0.15) is 5.69 Å². The molecule has 0 saturated carbocycles. The molecule has 2 N–H and O–H groups in total. The lowest BCUT2D eigenvalue weighted by molar-refractivity contribution is 0.0446. The van der Waals surface area contributed by atoms with Crippen molar-refractivity contribution in [3.05, 3.63) is 11.9 Å². The summed E-state index contributed by atoms with van der Waals surface area (Å²) < 4.78 is 1.56. The van der Waals surface area contributed by atoms with Gasteiger partial charge in [-0.1, -0.05) is 13.8 Å². The molecule has 1 fully saturated rings. The molecular weight excluding hydrogens is 228 g/mol. The largest absolute Gasteiger partial charge is 0.396 e. The molecule has 2 heterocycles. The number of piperidine rings is 1. The quantitative estimate of drug-likeness (QED) is 0.821. The van der Waals surface area contributed by atoms with Crippen LogP contribution < -0.4 is 5.73 Å². The van der Waals surface area contributed by atoms with Crippen molar-refractivity contribution in [1.29, 1.82) is 0 Å². The molecule has 18 heavy (non-hydrogen) atoms. The number of aromatic nitrogens is 2. The van der Waals surface area contributed by atoms with Crippen LogP contribution in [0.15, 0.2) is 6.20 Å². The van der Waals surface area contributed by atoms with Crippen molar-refractivity contribution in [2.75, 3.05) is 12.3 Å². The van der Waals surface area contributed by atoms with Crippen molar-refractivity contribution in [3.8, 4) is 0 Å². The number of hydrogen-bond donors (Lipinski definition) is 1. The van der Waals surface area contributed by atoms with Gasteiger partial charge in [0.25, 0.3) is 5.91 Å². The summed E-state index contributed by atoms with van der Waals surface area (Å²) in [6, 6.07) is 0.253. The molecule has 1 amide bonds. The first-order valence-corrected chi connectivity index (χ1v) is 6.50. The predicted molar refractivity (Wildman–Crippen MR) is 71.1 cm³/mol. The summed E-state index contributed by atoms with van der Waals surface area (Å²) in [5, 5.41) is 4.04. The van der Waals surface area contributed by atoms with E-state index in [-0.39, 0.29) is 11.9 Å². The van der Waals surface area contributed by atoms with E-state index in [1.165, 1.54) is 12.6 Å². The lowest BCUT2D eigenvalue weighted by Gasteiger charge is -2.41. The molecule has 1 aromatic rings. The van der Waals surface area contributed by atoms with Gasteiger partial charge >= 0.3 is 0 Å². The van der Waals surface area contributed by atoms with Crippen LogP contribution in [0.4, 0.5) is 5.69 Å². The Balaban J connectivity index is 2.28. The minimum absolute atomic E-state index is 0.00148. The molecule has 5 nitrogen and oxygen atoms in total. The molecule has 2 rings (SSSR count). The SMILES string of the molecule is CC1CC(C)C(C)N(C(=O)c2c(N)cnn2C)C1. The molecule has 0 bridgehead atoms. The van der Waals surface area contributed by atoms with Gasteiger partial charge in [-0.3, -0.25) is 9.48 Å². The fraction of sp³-hybridized carbons (Fsp3) is 0.692. The molecule has 1 aromatic heterocycles. The molecule has 3 atom stereocenters. The van der Waals surface area contributed by atoms with Gasteiger partial charge in [-0.25, -0.2) is 0 Å². The maximum Gasteiger partial charge on any atom is 0.274 e. The Morgan fingerprint density at radius 3 is 2.67 bits per heavy atom. The summed E-state index contributed by atoms with van der Waals surface area (Å²) in [6.45, 7) is 7.30. The van der Waals surface area contributed by atoms with Crippen molar-refractivity contribution >= 4 is 11.6 Å². The van der Waals surface area contributed by atoms with Gasteiger partial charge in [0, 0.05) is 19.6 Å². The Morgan fingerprint density at radius 2 is 2.11 bits per heavy atom. The van der Waals surface area contributed by atoms with Crippen molar-refractivity contribution in [1.82, 2.24) is 14.7 Å². The predicted octanol–water partition coefficient (Wildman–Crippen LogP) is 1.51. The van der Waals surface area contributed by atoms with Crippen LogP contribution in [-0.4, -0.2) is 33.2 Å². The molecule has 0 aromatic carbocycles. The molecule has 0 spiro atoms. The van der Waals surface area contributed by atoms with E-state index in [0.29, 0.717) is 23.2 Å². The highest BCUT2D eigenvalue weighted by Gasteiger charge is 2.34. The van der Waals surface area contributed by atoms with Gasteiger partial charge < -0.3 is 10.6 Å². The standard InChI is InChI=1S/C13H22N4O/c1-8-5-9(2)10(3)17(7-8)13(18)12-11(14)6-15-16(12)4/h6,8-10H,5,7,14H2,1-4H3. The second-order valence-electron chi connectivity index (χ2n) is 5.59. The van der Waals surface area contributed by atoms with Crippen LogP contribution in [0.25, 0.3) is 0 Å². The van der Waals surface area contributed by atoms with E-state index in [2.05, 4.69) is 25.9 Å². The summed E-state index contributed by atoms with van der Waals surface area (Å²) in [7, 11) is 1.76. The third-order valence-electron chi connectivity index (χ3n) is 4.03. The van der Waals surface area contributed by atoms with Gasteiger partial charge in [-0.15, -0.1) is 0 Å². The Labute approximate surface area is 108 Å². The first-order valence-electron chi connectivity index (χ1n) is 6.50. The van der Waals surface area contributed by atoms with Crippen LogP contribution >= 0.6 is 0 Å². The van der Waals surface area contributed by atoms with Gasteiger partial charge in [0.05, 0.1) is 11.9 Å². The zero-order chi connectivity index (χ0) is 13.4. The van der Waals surface area contributed by atoms with E-state index >= 15 is 0 Å². The highest BCUT2D eigenvalue weighted by molar-refractivity contribution is 5.97. The highest BCUT2D eigenvalue weighted by atomic mass is 16.2. The molecular formula is C13H22N4O. The van der Waals surface area contributed by atoms with Crippen LogP contribution in [0.3, 0.4) is 0 Å². The average Bonchev–Trinajstić information content (AvgIpc) is 2.63. The van der Waals surface area contributed by atoms with Gasteiger partial charge in [-0.05, 0) is 25.2 Å². The van der Waals surface area contributed by atoms with Crippen molar-refractivity contribution in [2.24, 2.45) is 18.9 Å². The van der Waals surface area contributed by atoms with Gasteiger partial charge in [-0.2, -0.15) is 5.10 Å². The number of anilines is 1. The second-order valence-corrected chi connectivity index (χ2v) is 5.59. The lowest BCUT2D eigenvalue weighted by atomic mass is 9.86. The summed E-state index contributed by atoms with van der Waals surface area (Å²) in [5.74, 6) is 1.06. The summed E-state index contributed by atoms with van der Waals surface area (Å²) in [4.78, 5) is 14.5. The number of nitrogen functional groups attached to an aromatic ring is 1. The molecule has 1 aliphatic rings. The minimum Gasteiger partial charge on any atom is -0.396 e. The van der Waals surface area contributed by atoms with E-state index in [0.717, 1.165) is 6.54 Å². The van der Waals surface area contributed by atoms with Crippen LogP contribution in [0.2, 0.25) is 0 Å². The zero-order valence-corrected chi connectivity index (χ0v) is 11.6. The van der Waals surface area contributed by atoms with Crippen LogP contribution in [0.1, 0.15) is 37.7 Å². The normalized spacial score (nSPS) is 28.4. The van der Waals surface area contributed by atoms with Crippen LogP contribution in [0.5, 0.6) is 0 Å². The van der Waals surface area contributed by atoms with Gasteiger partial charge in [0.15, 0.2) is 0 Å². The van der Waals surface area contributed by atoms with Crippen LogP contribution in [0, 0.1) is 11.8 Å². The number of likely N-dealkylation sites (tertiary alicyclic amines) is 1. The topological polar surface area (TPSA) is 64.2 Å². The Kier molecular flexibility index (Phi) is 3.32. The van der Waals surface area contributed by atoms with E-state index < -0.39 is 0 Å². The average molecular weight is 250 g/mol. The summed E-state index contributed by atoms with van der Waals surface area (Å²) in [5.41, 5.74) is 6.79. The number of carbonyl (C=O) groups is 1. The first-order chi connectivity index (χ1) is 8.41. The number of nitrogens with zero attached hydrogens (tertiary/aromatic N) is 3. The third kappa shape index (κ3) is 2.09. The third-order valence-corrected chi connectivity index (χ3v) is 4.03. The number of nitrogens with two attached hydrogens (primary N) is 1. The fourth-order valence-electron chi connectivity index (χ4n) is 2.84. The van der Waals surface area contributed by atoms with Crippen molar-refractivity contribution < 1.29 is 4.79 Å². The number of aryl methyl sites for hydroxylation is 1. The fourth-order valence-corrected chi connectivity index (χ4v) is 2.84. The maximum absolute atomic E-state index is 12.6. The van der Waals surface area contributed by atoms with Crippen molar-refractivity contribution in [3.63, 3.8) is 0 Å². The van der Waals surface area contributed by atoms with E-state index in [1.54, 1.807) is 11.7 Å². The molecule has 0 aliphatic carbocycles. The smallest absolute Gasteiger partial charge is 0.274 e. The van der Waals surface area contributed by atoms with Gasteiger partial charge in [0.2, 0.25) is 0 Å². The van der Waals surface area contributed by atoms with E-state index in [9.17, 15) is 4.79 Å². The molecule has 0 radical (unpaired) electrons. The first kappa shape index (κ1) is 12.9. The number of rotatable bonds is 1. The zero-order valence-electron chi connectivity index (χ0n) is 11.6. The lowest BCUT2D eigenvalue weighted by Crippen LogP contribution is -2.49. The van der Waals surface area contributed by atoms with E-state index in [1.807, 2.05) is 4.90 Å². The molecule has 3 unspecified atom stereocenters. The molecule has 5 heteroatoms. The number of hydrogen-bond acceptors (Lipinski definition) is 3. The summed E-state index contributed by atoms with van der Waals surface area (Å²) in [6.07, 6.45) is 2.71. The number of carbonyl (C=O) groups excluding carboxylic acids is 1. The minimum atomic E-state index is -0.00148. The Bertz CT molecular complexity index is 434.